The van der Waals surface area contributed by atoms with Gasteiger partial charge in [0, 0.05) is 3.57 Å². The summed E-state index contributed by atoms with van der Waals surface area (Å²) in [5.74, 6) is -0.151. The fourth-order valence-electron chi connectivity index (χ4n) is 1.99. The lowest BCUT2D eigenvalue weighted by Gasteiger charge is -2.06. The molecule has 2 aromatic rings. The van der Waals surface area contributed by atoms with E-state index < -0.39 is 5.97 Å². The molecule has 0 aliphatic carbocycles. The molecular weight excluding hydrogens is 457 g/mol. The number of hydrogen-bond donors (Lipinski definition) is 1. The van der Waals surface area contributed by atoms with Crippen molar-refractivity contribution in [3.63, 3.8) is 0 Å². The van der Waals surface area contributed by atoms with E-state index in [2.05, 4.69) is 27.9 Å². The van der Waals surface area contributed by atoms with Gasteiger partial charge in [0.15, 0.2) is 0 Å². The molecular formula is C17H10INO3S2. The summed E-state index contributed by atoms with van der Waals surface area (Å²) in [6, 6.07) is 14.2. The fourth-order valence-corrected chi connectivity index (χ4v) is 3.65. The first-order valence-corrected chi connectivity index (χ1v) is 9.15. The molecule has 1 aliphatic heterocycles. The van der Waals surface area contributed by atoms with Crippen molar-refractivity contribution in [3.05, 3.63) is 68.1 Å². The highest BCUT2D eigenvalue weighted by Crippen LogP contribution is 2.26. The van der Waals surface area contributed by atoms with Gasteiger partial charge in [0.25, 0.3) is 5.91 Å². The second kappa shape index (κ2) is 7.45. The van der Waals surface area contributed by atoms with Gasteiger partial charge < -0.3 is 10.1 Å². The lowest BCUT2D eigenvalue weighted by molar-refractivity contribution is -0.115. The Kier molecular flexibility index (Phi) is 5.32. The summed E-state index contributed by atoms with van der Waals surface area (Å²) in [5.41, 5.74) is 1.35. The molecule has 1 N–H and O–H groups in total. The van der Waals surface area contributed by atoms with Gasteiger partial charge in [-0.3, -0.25) is 4.79 Å². The Bertz CT molecular complexity index is 862. The number of amides is 1. The fraction of sp³-hybridized carbons (Fsp3) is 0. The van der Waals surface area contributed by atoms with E-state index in [1.807, 2.05) is 12.1 Å². The SMILES string of the molecule is O=C1NC(=S)S/C1=C/c1ccc(OC(=O)c2ccccc2I)cc1. The number of nitrogens with one attached hydrogen (secondary N) is 1. The third-order valence-corrected chi connectivity index (χ3v) is 5.23. The molecule has 7 heteroatoms. The second-order valence-corrected chi connectivity index (χ2v) is 7.67. The van der Waals surface area contributed by atoms with E-state index in [-0.39, 0.29) is 5.91 Å². The van der Waals surface area contributed by atoms with E-state index in [1.54, 1.807) is 42.5 Å². The first-order chi connectivity index (χ1) is 11.5. The van der Waals surface area contributed by atoms with Crippen LogP contribution in [-0.2, 0) is 4.79 Å². The third-order valence-electron chi connectivity index (χ3n) is 3.12. The Balaban J connectivity index is 1.72. The van der Waals surface area contributed by atoms with Gasteiger partial charge in [-0.15, -0.1) is 0 Å². The molecule has 0 spiro atoms. The first kappa shape index (κ1) is 17.1. The van der Waals surface area contributed by atoms with Gasteiger partial charge >= 0.3 is 5.97 Å². The van der Waals surface area contributed by atoms with Crippen molar-refractivity contribution in [1.29, 1.82) is 0 Å². The first-order valence-electron chi connectivity index (χ1n) is 6.84. The van der Waals surface area contributed by atoms with Crippen molar-refractivity contribution in [3.8, 4) is 5.75 Å². The molecule has 3 rings (SSSR count). The molecule has 0 unspecified atom stereocenters. The Morgan fingerprint density at radius 1 is 1.17 bits per heavy atom. The number of carbonyl (C=O) groups is 2. The average molecular weight is 467 g/mol. The van der Waals surface area contributed by atoms with Crippen LogP contribution in [0.3, 0.4) is 0 Å². The Morgan fingerprint density at radius 2 is 1.88 bits per heavy atom. The summed E-state index contributed by atoms with van der Waals surface area (Å²) < 4.78 is 6.66. The van der Waals surface area contributed by atoms with Gasteiger partial charge in [-0.1, -0.05) is 48.2 Å². The van der Waals surface area contributed by atoms with E-state index in [0.717, 1.165) is 9.13 Å². The maximum absolute atomic E-state index is 12.2. The number of ether oxygens (including phenoxy) is 1. The van der Waals surface area contributed by atoms with Gasteiger partial charge in [-0.25, -0.2) is 4.79 Å². The summed E-state index contributed by atoms with van der Waals surface area (Å²) in [6.45, 7) is 0. The normalized spacial score (nSPS) is 15.5. The second-order valence-electron chi connectivity index (χ2n) is 4.79. The molecule has 1 aliphatic rings. The monoisotopic (exact) mass is 467 g/mol. The number of esters is 1. The Morgan fingerprint density at radius 3 is 2.50 bits per heavy atom. The molecule has 120 valence electrons. The zero-order valence-electron chi connectivity index (χ0n) is 12.1. The molecule has 0 saturated carbocycles. The number of halogens is 1. The van der Waals surface area contributed by atoms with E-state index in [4.69, 9.17) is 17.0 Å². The van der Waals surface area contributed by atoms with Crippen LogP contribution in [0.2, 0.25) is 0 Å². The van der Waals surface area contributed by atoms with E-state index in [1.165, 1.54) is 11.8 Å². The topological polar surface area (TPSA) is 55.4 Å². The van der Waals surface area contributed by atoms with Crippen LogP contribution in [0.4, 0.5) is 0 Å². The Labute approximate surface area is 161 Å². The Hall–Kier alpha value is -1.71. The van der Waals surface area contributed by atoms with Crippen LogP contribution in [0.5, 0.6) is 5.75 Å². The van der Waals surface area contributed by atoms with E-state index in [9.17, 15) is 9.59 Å². The molecule has 1 heterocycles. The largest absolute Gasteiger partial charge is 0.423 e. The lowest BCUT2D eigenvalue weighted by atomic mass is 10.2. The van der Waals surface area contributed by atoms with E-state index >= 15 is 0 Å². The van der Waals surface area contributed by atoms with Crippen LogP contribution < -0.4 is 10.1 Å². The molecule has 1 amide bonds. The van der Waals surface area contributed by atoms with Crippen LogP contribution in [0, 0.1) is 3.57 Å². The van der Waals surface area contributed by atoms with Crippen molar-refractivity contribution in [2.75, 3.05) is 0 Å². The summed E-state index contributed by atoms with van der Waals surface area (Å²) in [7, 11) is 0. The summed E-state index contributed by atoms with van der Waals surface area (Å²) >= 11 is 8.27. The molecule has 2 aromatic carbocycles. The van der Waals surface area contributed by atoms with Gasteiger partial charge in [0.1, 0.15) is 10.1 Å². The van der Waals surface area contributed by atoms with Gasteiger partial charge in [0.2, 0.25) is 0 Å². The quantitative estimate of drug-likeness (QED) is 0.243. The number of hydrogen-bond acceptors (Lipinski definition) is 5. The van der Waals surface area contributed by atoms with Crippen LogP contribution in [0.15, 0.2) is 53.4 Å². The van der Waals surface area contributed by atoms with Crippen LogP contribution in [0.25, 0.3) is 6.08 Å². The molecule has 0 radical (unpaired) electrons. The minimum Gasteiger partial charge on any atom is -0.423 e. The number of carbonyl (C=O) groups excluding carboxylic acids is 2. The summed E-state index contributed by atoms with van der Waals surface area (Å²) in [4.78, 5) is 24.3. The molecule has 24 heavy (non-hydrogen) atoms. The van der Waals surface area contributed by atoms with Crippen molar-refractivity contribution < 1.29 is 14.3 Å². The average Bonchev–Trinajstić information content (AvgIpc) is 2.87. The van der Waals surface area contributed by atoms with E-state index in [0.29, 0.717) is 20.5 Å². The lowest BCUT2D eigenvalue weighted by Crippen LogP contribution is -2.17. The van der Waals surface area contributed by atoms with Gasteiger partial charge in [-0.2, -0.15) is 0 Å². The number of thioether (sulfide) groups is 1. The van der Waals surface area contributed by atoms with Crippen molar-refractivity contribution in [1.82, 2.24) is 5.32 Å². The molecule has 0 aromatic heterocycles. The van der Waals surface area contributed by atoms with Crippen LogP contribution >= 0.6 is 46.6 Å². The van der Waals surface area contributed by atoms with Gasteiger partial charge in [0.05, 0.1) is 10.5 Å². The minimum atomic E-state index is -0.401. The summed E-state index contributed by atoms with van der Waals surface area (Å²) in [5, 5.41) is 2.57. The van der Waals surface area contributed by atoms with Crippen molar-refractivity contribution >= 4 is 68.8 Å². The third kappa shape index (κ3) is 4.03. The molecule has 1 saturated heterocycles. The standard InChI is InChI=1S/C17H10INO3S2/c18-13-4-2-1-3-12(13)16(21)22-11-7-5-10(6-8-11)9-14-15(20)19-17(23)24-14/h1-9H,(H,19,20,23)/b14-9+. The number of benzene rings is 2. The molecule has 0 bridgehead atoms. The predicted octanol–water partition coefficient (Wildman–Crippen LogP) is 4.00. The highest BCUT2D eigenvalue weighted by molar-refractivity contribution is 14.1. The zero-order chi connectivity index (χ0) is 17.1. The van der Waals surface area contributed by atoms with Crippen LogP contribution in [0.1, 0.15) is 15.9 Å². The number of thiocarbonyl (C=S) groups is 1. The van der Waals surface area contributed by atoms with Crippen molar-refractivity contribution in [2.45, 2.75) is 0 Å². The maximum atomic E-state index is 12.2. The maximum Gasteiger partial charge on any atom is 0.344 e. The molecule has 0 atom stereocenters. The minimum absolute atomic E-state index is 0.195. The predicted molar refractivity (Wildman–Crippen MR) is 107 cm³/mol. The molecule has 4 nitrogen and oxygen atoms in total. The summed E-state index contributed by atoms with van der Waals surface area (Å²) in [6.07, 6.45) is 1.74. The van der Waals surface area contributed by atoms with Gasteiger partial charge in [-0.05, 0) is 58.5 Å². The van der Waals surface area contributed by atoms with Crippen LogP contribution in [-0.4, -0.2) is 16.2 Å². The highest BCUT2D eigenvalue weighted by atomic mass is 127. The molecule has 1 fully saturated rings. The number of rotatable bonds is 3. The van der Waals surface area contributed by atoms with Crippen molar-refractivity contribution in [2.24, 2.45) is 0 Å². The zero-order valence-corrected chi connectivity index (χ0v) is 15.9. The smallest absolute Gasteiger partial charge is 0.344 e. The highest BCUT2D eigenvalue weighted by Gasteiger charge is 2.21.